The van der Waals surface area contributed by atoms with Crippen LogP contribution in [-0.2, 0) is 16.6 Å². The molecule has 0 aromatic heterocycles. The topological polar surface area (TPSA) is 37.3 Å². The summed E-state index contributed by atoms with van der Waals surface area (Å²) < 4.78 is 13.3. The molecule has 1 atom stereocenters. The van der Waals surface area contributed by atoms with Crippen molar-refractivity contribution in [2.45, 2.75) is 18.8 Å². The van der Waals surface area contributed by atoms with Crippen LogP contribution in [-0.4, -0.2) is 11.1 Å². The van der Waals surface area contributed by atoms with Crippen molar-refractivity contribution in [2.24, 2.45) is 0 Å². The van der Waals surface area contributed by atoms with Crippen molar-refractivity contribution in [3.8, 4) is 0 Å². The van der Waals surface area contributed by atoms with Gasteiger partial charge in [0.15, 0.2) is 0 Å². The van der Waals surface area contributed by atoms with Crippen LogP contribution in [0.25, 0.3) is 0 Å². The van der Waals surface area contributed by atoms with Crippen LogP contribution in [0.4, 0.5) is 4.39 Å². The van der Waals surface area contributed by atoms with Crippen molar-refractivity contribution < 1.29 is 14.3 Å². The second kappa shape index (κ2) is 5.63. The lowest BCUT2D eigenvalue weighted by molar-refractivity contribution is -0.143. The molecule has 0 spiro atoms. The van der Waals surface area contributed by atoms with E-state index in [9.17, 15) is 14.3 Å². The van der Waals surface area contributed by atoms with Crippen LogP contribution in [0.3, 0.4) is 0 Å². The summed E-state index contributed by atoms with van der Waals surface area (Å²) in [6, 6.07) is 12.7. The van der Waals surface area contributed by atoms with Crippen molar-refractivity contribution in [3.63, 3.8) is 0 Å². The minimum Gasteiger partial charge on any atom is -0.481 e. The van der Waals surface area contributed by atoms with Gasteiger partial charge in [0, 0.05) is 5.02 Å². The maximum atomic E-state index is 13.3. The standard InChI is InChI=1S/C16H14ClFO2/c1-16(15(19)20,12-3-2-4-14(18)9-12)10-11-5-7-13(17)8-6-11/h2-9H,10H2,1H3,(H,19,20). The normalized spacial score (nSPS) is 13.8. The zero-order chi connectivity index (χ0) is 14.8. The Morgan fingerprint density at radius 2 is 1.90 bits per heavy atom. The third-order valence-electron chi connectivity index (χ3n) is 3.40. The fraction of sp³-hybridized carbons (Fsp3) is 0.188. The van der Waals surface area contributed by atoms with Gasteiger partial charge >= 0.3 is 5.97 Å². The molecule has 0 heterocycles. The zero-order valence-corrected chi connectivity index (χ0v) is 11.7. The number of hydrogen-bond donors (Lipinski definition) is 1. The Morgan fingerprint density at radius 1 is 1.25 bits per heavy atom. The SMILES string of the molecule is CC(Cc1ccc(Cl)cc1)(C(=O)O)c1cccc(F)c1. The maximum absolute atomic E-state index is 13.3. The highest BCUT2D eigenvalue weighted by atomic mass is 35.5. The van der Waals surface area contributed by atoms with Crippen LogP contribution in [0.1, 0.15) is 18.1 Å². The van der Waals surface area contributed by atoms with Crippen LogP contribution >= 0.6 is 11.6 Å². The smallest absolute Gasteiger partial charge is 0.314 e. The van der Waals surface area contributed by atoms with Crippen LogP contribution < -0.4 is 0 Å². The van der Waals surface area contributed by atoms with Crippen LogP contribution in [0.2, 0.25) is 5.02 Å². The summed E-state index contributed by atoms with van der Waals surface area (Å²) in [7, 11) is 0. The van der Waals surface area contributed by atoms with E-state index < -0.39 is 17.2 Å². The van der Waals surface area contributed by atoms with Crippen molar-refractivity contribution in [1.82, 2.24) is 0 Å². The summed E-state index contributed by atoms with van der Waals surface area (Å²) in [5, 5.41) is 10.1. The Labute approximate surface area is 121 Å². The Balaban J connectivity index is 2.39. The van der Waals surface area contributed by atoms with Crippen LogP contribution in [0.5, 0.6) is 0 Å². The Bertz CT molecular complexity index is 625. The lowest BCUT2D eigenvalue weighted by Gasteiger charge is -2.25. The Hall–Kier alpha value is -1.87. The number of halogens is 2. The number of hydrogen-bond acceptors (Lipinski definition) is 1. The van der Waals surface area contributed by atoms with E-state index in [0.29, 0.717) is 10.6 Å². The van der Waals surface area contributed by atoms with E-state index in [1.54, 1.807) is 37.3 Å². The van der Waals surface area contributed by atoms with Crippen molar-refractivity contribution in [3.05, 3.63) is 70.5 Å². The van der Waals surface area contributed by atoms with Gasteiger partial charge in [-0.2, -0.15) is 0 Å². The molecule has 1 N–H and O–H groups in total. The van der Waals surface area contributed by atoms with E-state index >= 15 is 0 Å². The van der Waals surface area contributed by atoms with Gasteiger partial charge in [0.05, 0.1) is 5.41 Å². The van der Waals surface area contributed by atoms with Gasteiger partial charge in [-0.3, -0.25) is 4.79 Å². The Kier molecular flexibility index (Phi) is 4.09. The van der Waals surface area contributed by atoms with Gasteiger partial charge < -0.3 is 5.11 Å². The van der Waals surface area contributed by atoms with Crippen molar-refractivity contribution in [1.29, 1.82) is 0 Å². The highest BCUT2D eigenvalue weighted by Crippen LogP contribution is 2.29. The molecule has 2 aromatic carbocycles. The highest BCUT2D eigenvalue weighted by Gasteiger charge is 2.35. The molecule has 1 unspecified atom stereocenters. The first-order valence-corrected chi connectivity index (χ1v) is 6.53. The molecular formula is C16H14ClFO2. The van der Waals surface area contributed by atoms with Gasteiger partial charge in [0.25, 0.3) is 0 Å². The molecule has 0 radical (unpaired) electrons. The predicted molar refractivity (Wildman–Crippen MR) is 76.5 cm³/mol. The van der Waals surface area contributed by atoms with Gasteiger partial charge in [-0.1, -0.05) is 35.9 Å². The van der Waals surface area contributed by atoms with E-state index in [0.717, 1.165) is 5.56 Å². The number of rotatable bonds is 4. The third-order valence-corrected chi connectivity index (χ3v) is 3.66. The average Bonchev–Trinajstić information content (AvgIpc) is 2.41. The van der Waals surface area contributed by atoms with Crippen LogP contribution in [0.15, 0.2) is 48.5 Å². The lowest BCUT2D eigenvalue weighted by Crippen LogP contribution is -2.34. The quantitative estimate of drug-likeness (QED) is 0.922. The summed E-state index contributed by atoms with van der Waals surface area (Å²) in [6.07, 6.45) is 0.267. The molecule has 0 aliphatic heterocycles. The predicted octanol–water partition coefficient (Wildman–Crippen LogP) is 4.06. The second-order valence-electron chi connectivity index (χ2n) is 4.95. The minimum absolute atomic E-state index is 0.267. The molecule has 0 aliphatic carbocycles. The first kappa shape index (κ1) is 14.5. The zero-order valence-electron chi connectivity index (χ0n) is 10.9. The van der Waals surface area contributed by atoms with Gasteiger partial charge in [-0.25, -0.2) is 4.39 Å². The number of carboxylic acid groups (broad SMARTS) is 1. The number of carbonyl (C=O) groups is 1. The van der Waals surface area contributed by atoms with E-state index in [-0.39, 0.29) is 6.42 Å². The maximum Gasteiger partial charge on any atom is 0.314 e. The first-order chi connectivity index (χ1) is 9.41. The first-order valence-electron chi connectivity index (χ1n) is 6.16. The van der Waals surface area contributed by atoms with Gasteiger partial charge in [0.1, 0.15) is 5.82 Å². The summed E-state index contributed by atoms with van der Waals surface area (Å²) in [4.78, 5) is 11.7. The molecule has 0 bridgehead atoms. The number of benzene rings is 2. The monoisotopic (exact) mass is 292 g/mol. The van der Waals surface area contributed by atoms with E-state index in [4.69, 9.17) is 11.6 Å². The second-order valence-corrected chi connectivity index (χ2v) is 5.39. The largest absolute Gasteiger partial charge is 0.481 e. The molecule has 0 aliphatic rings. The highest BCUT2D eigenvalue weighted by molar-refractivity contribution is 6.30. The molecule has 0 amide bonds. The lowest BCUT2D eigenvalue weighted by atomic mass is 9.77. The van der Waals surface area contributed by atoms with E-state index in [1.165, 1.54) is 18.2 Å². The van der Waals surface area contributed by atoms with Gasteiger partial charge in [-0.15, -0.1) is 0 Å². The number of carboxylic acids is 1. The van der Waals surface area contributed by atoms with Crippen LogP contribution in [0, 0.1) is 5.82 Å². The summed E-state index contributed by atoms with van der Waals surface area (Å²) in [5.41, 5.74) is 0.0964. The molecule has 0 saturated heterocycles. The molecular weight excluding hydrogens is 279 g/mol. The Morgan fingerprint density at radius 3 is 2.45 bits per heavy atom. The molecule has 0 fully saturated rings. The summed E-state index contributed by atoms with van der Waals surface area (Å²) >= 11 is 5.82. The molecule has 20 heavy (non-hydrogen) atoms. The molecule has 2 rings (SSSR count). The summed E-state index contributed by atoms with van der Waals surface area (Å²) in [5.74, 6) is -1.43. The van der Waals surface area contributed by atoms with E-state index in [1.807, 2.05) is 0 Å². The van der Waals surface area contributed by atoms with Crippen molar-refractivity contribution in [2.75, 3.05) is 0 Å². The molecule has 2 aromatic rings. The molecule has 2 nitrogen and oxygen atoms in total. The fourth-order valence-electron chi connectivity index (χ4n) is 2.14. The van der Waals surface area contributed by atoms with E-state index in [2.05, 4.69) is 0 Å². The third kappa shape index (κ3) is 2.99. The fourth-order valence-corrected chi connectivity index (χ4v) is 2.27. The molecule has 4 heteroatoms. The van der Waals surface area contributed by atoms with Crippen molar-refractivity contribution >= 4 is 17.6 Å². The summed E-state index contributed by atoms with van der Waals surface area (Å²) in [6.45, 7) is 1.60. The minimum atomic E-state index is -1.18. The number of aliphatic carboxylic acids is 1. The van der Waals surface area contributed by atoms with Gasteiger partial charge in [0.2, 0.25) is 0 Å². The molecule has 0 saturated carbocycles. The molecule has 104 valence electrons. The average molecular weight is 293 g/mol. The van der Waals surface area contributed by atoms with Gasteiger partial charge in [-0.05, 0) is 48.7 Å².